The van der Waals surface area contributed by atoms with Crippen LogP contribution in [0.4, 0.5) is 13.2 Å². The van der Waals surface area contributed by atoms with Crippen molar-refractivity contribution < 1.29 is 22.7 Å². The Labute approximate surface area is 174 Å². The van der Waals surface area contributed by atoms with Crippen molar-refractivity contribution in [1.29, 1.82) is 0 Å². The van der Waals surface area contributed by atoms with Gasteiger partial charge in [-0.05, 0) is 37.5 Å². The predicted molar refractivity (Wildman–Crippen MR) is 108 cm³/mol. The molecule has 1 heterocycles. The predicted octanol–water partition coefficient (Wildman–Crippen LogP) is 3.67. The number of esters is 1. The molecule has 27 heavy (non-hydrogen) atoms. The highest BCUT2D eigenvalue weighted by Gasteiger charge is 2.31. The molecule has 9 heteroatoms. The van der Waals surface area contributed by atoms with E-state index in [2.05, 4.69) is 10.3 Å². The molecule has 0 amide bonds. The fourth-order valence-electron chi connectivity index (χ4n) is 2.99. The van der Waals surface area contributed by atoms with Gasteiger partial charge in [-0.25, -0.2) is 0 Å². The van der Waals surface area contributed by atoms with E-state index in [1.165, 1.54) is 6.07 Å². The Balaban J connectivity index is 0.00000364. The van der Waals surface area contributed by atoms with Gasteiger partial charge in [-0.2, -0.15) is 13.2 Å². The fourth-order valence-corrected chi connectivity index (χ4v) is 2.99. The van der Waals surface area contributed by atoms with Crippen LogP contribution in [0, 0.1) is 5.92 Å². The van der Waals surface area contributed by atoms with Crippen molar-refractivity contribution in [2.45, 2.75) is 32.5 Å². The van der Waals surface area contributed by atoms with E-state index in [9.17, 15) is 18.0 Å². The van der Waals surface area contributed by atoms with Crippen molar-refractivity contribution in [3.63, 3.8) is 0 Å². The van der Waals surface area contributed by atoms with Crippen LogP contribution in [0.2, 0.25) is 0 Å². The summed E-state index contributed by atoms with van der Waals surface area (Å²) in [5.41, 5.74) is -0.160. The number of hydrogen-bond acceptors (Lipinski definition) is 3. The van der Waals surface area contributed by atoms with Crippen LogP contribution in [-0.2, 0) is 22.3 Å². The monoisotopic (exact) mass is 499 g/mol. The minimum atomic E-state index is -4.36. The number of alkyl halides is 3. The van der Waals surface area contributed by atoms with E-state index < -0.39 is 11.7 Å². The van der Waals surface area contributed by atoms with Crippen molar-refractivity contribution in [3.8, 4) is 0 Å². The standard InChI is InChI=1S/C18H24F3N3O2.HI/c1-3-26-16(25)14-7-5-9-24(12-14)17(22-2)23-11-13-6-4-8-15(10-13)18(19,20)21;/h4,6,8,10,14H,3,5,7,9,11-12H2,1-2H3,(H,22,23);1H. The second-order valence-electron chi connectivity index (χ2n) is 6.14. The maximum absolute atomic E-state index is 12.8. The van der Waals surface area contributed by atoms with Crippen LogP contribution >= 0.6 is 24.0 Å². The number of benzene rings is 1. The topological polar surface area (TPSA) is 53.9 Å². The summed E-state index contributed by atoms with van der Waals surface area (Å²) in [5, 5.41) is 3.08. The summed E-state index contributed by atoms with van der Waals surface area (Å²) in [6.45, 7) is 3.56. The molecule has 152 valence electrons. The number of halogens is 4. The molecule has 5 nitrogen and oxygen atoms in total. The molecular formula is C18H25F3IN3O2. The molecule has 1 saturated heterocycles. The highest BCUT2D eigenvalue weighted by atomic mass is 127. The number of guanidine groups is 1. The van der Waals surface area contributed by atoms with Gasteiger partial charge in [0, 0.05) is 26.7 Å². The summed E-state index contributed by atoms with van der Waals surface area (Å²) in [7, 11) is 1.61. The number of nitrogens with zero attached hydrogens (tertiary/aromatic N) is 2. The lowest BCUT2D eigenvalue weighted by atomic mass is 9.98. The summed E-state index contributed by atoms with van der Waals surface area (Å²) in [4.78, 5) is 18.1. The van der Waals surface area contributed by atoms with E-state index in [4.69, 9.17) is 4.74 Å². The van der Waals surface area contributed by atoms with Crippen LogP contribution in [0.5, 0.6) is 0 Å². The van der Waals surface area contributed by atoms with Gasteiger partial charge < -0.3 is 15.0 Å². The van der Waals surface area contributed by atoms with Gasteiger partial charge in [0.05, 0.1) is 18.1 Å². The number of rotatable bonds is 4. The van der Waals surface area contributed by atoms with E-state index in [-0.39, 0.29) is 42.4 Å². The largest absolute Gasteiger partial charge is 0.466 e. The fraction of sp³-hybridized carbons (Fsp3) is 0.556. The lowest BCUT2D eigenvalue weighted by Crippen LogP contribution is -2.48. The van der Waals surface area contributed by atoms with E-state index in [1.807, 2.05) is 4.90 Å². The van der Waals surface area contributed by atoms with Crippen LogP contribution in [0.25, 0.3) is 0 Å². The number of nitrogens with one attached hydrogen (secondary N) is 1. The highest BCUT2D eigenvalue weighted by Crippen LogP contribution is 2.29. The van der Waals surface area contributed by atoms with E-state index in [1.54, 1.807) is 20.0 Å². The number of ether oxygens (including phenoxy) is 1. The molecule has 1 aromatic rings. The van der Waals surface area contributed by atoms with Gasteiger partial charge in [0.25, 0.3) is 0 Å². The van der Waals surface area contributed by atoms with Crippen molar-refractivity contribution in [2.75, 3.05) is 26.7 Å². The second-order valence-corrected chi connectivity index (χ2v) is 6.14. The number of piperidine rings is 1. The third-order valence-electron chi connectivity index (χ3n) is 4.26. The first kappa shape index (κ1) is 23.5. The molecule has 0 radical (unpaired) electrons. The van der Waals surface area contributed by atoms with Gasteiger partial charge in [-0.1, -0.05) is 12.1 Å². The average Bonchev–Trinajstić information content (AvgIpc) is 2.62. The van der Waals surface area contributed by atoms with Gasteiger partial charge >= 0.3 is 12.1 Å². The van der Waals surface area contributed by atoms with Crippen LogP contribution in [0.3, 0.4) is 0 Å². The summed E-state index contributed by atoms with van der Waals surface area (Å²) >= 11 is 0. The number of aliphatic imine (C=N–C) groups is 1. The summed E-state index contributed by atoms with van der Waals surface area (Å²) in [6.07, 6.45) is -2.77. The molecule has 1 N–H and O–H groups in total. The third-order valence-corrected chi connectivity index (χ3v) is 4.26. The number of likely N-dealkylation sites (tertiary alicyclic amines) is 1. The Morgan fingerprint density at radius 2 is 2.15 bits per heavy atom. The zero-order valence-electron chi connectivity index (χ0n) is 15.4. The zero-order valence-corrected chi connectivity index (χ0v) is 17.7. The average molecular weight is 499 g/mol. The number of hydrogen-bond donors (Lipinski definition) is 1. The molecular weight excluding hydrogens is 474 g/mol. The molecule has 0 aromatic heterocycles. The molecule has 1 aliphatic rings. The minimum Gasteiger partial charge on any atom is -0.466 e. The Morgan fingerprint density at radius 1 is 1.41 bits per heavy atom. The van der Waals surface area contributed by atoms with E-state index >= 15 is 0 Å². The lowest BCUT2D eigenvalue weighted by Gasteiger charge is -2.34. The molecule has 1 fully saturated rings. The number of carbonyl (C=O) groups excluding carboxylic acids is 1. The van der Waals surface area contributed by atoms with Crippen LogP contribution in [-0.4, -0.2) is 43.6 Å². The first-order valence-electron chi connectivity index (χ1n) is 8.63. The molecule has 0 spiro atoms. The number of carbonyl (C=O) groups is 1. The Kier molecular flexibility index (Phi) is 9.34. The molecule has 1 aromatic carbocycles. The molecule has 1 aliphatic heterocycles. The maximum atomic E-state index is 12.8. The van der Waals surface area contributed by atoms with E-state index in [0.29, 0.717) is 24.7 Å². The molecule has 0 aliphatic carbocycles. The molecule has 1 unspecified atom stereocenters. The smallest absolute Gasteiger partial charge is 0.416 e. The van der Waals surface area contributed by atoms with Crippen LogP contribution in [0.1, 0.15) is 30.9 Å². The normalized spacial score (nSPS) is 17.9. The Hall–Kier alpha value is -1.52. The van der Waals surface area contributed by atoms with Gasteiger partial charge in [-0.3, -0.25) is 9.79 Å². The molecule has 0 bridgehead atoms. The Bertz CT molecular complexity index is 653. The molecule has 2 rings (SSSR count). The van der Waals surface area contributed by atoms with Gasteiger partial charge in [0.1, 0.15) is 0 Å². The summed E-state index contributed by atoms with van der Waals surface area (Å²) in [6, 6.07) is 5.19. The molecule has 0 saturated carbocycles. The lowest BCUT2D eigenvalue weighted by molar-refractivity contribution is -0.149. The summed E-state index contributed by atoms with van der Waals surface area (Å²) < 4.78 is 43.5. The zero-order chi connectivity index (χ0) is 19.2. The van der Waals surface area contributed by atoms with Gasteiger partial charge in [0.15, 0.2) is 5.96 Å². The SMILES string of the molecule is CCOC(=O)C1CCCN(C(=NC)NCc2cccc(C(F)(F)F)c2)C1.I. The maximum Gasteiger partial charge on any atom is 0.416 e. The quantitative estimate of drug-likeness (QED) is 0.298. The van der Waals surface area contributed by atoms with Gasteiger partial charge in [0.2, 0.25) is 0 Å². The third kappa shape index (κ3) is 6.86. The highest BCUT2D eigenvalue weighted by molar-refractivity contribution is 14.0. The molecule has 1 atom stereocenters. The van der Waals surface area contributed by atoms with Crippen molar-refractivity contribution in [1.82, 2.24) is 10.2 Å². The Morgan fingerprint density at radius 3 is 2.78 bits per heavy atom. The van der Waals surface area contributed by atoms with Crippen molar-refractivity contribution in [3.05, 3.63) is 35.4 Å². The first-order valence-corrected chi connectivity index (χ1v) is 8.63. The second kappa shape index (κ2) is 10.7. The van der Waals surface area contributed by atoms with Crippen molar-refractivity contribution in [2.24, 2.45) is 10.9 Å². The van der Waals surface area contributed by atoms with Crippen LogP contribution in [0.15, 0.2) is 29.3 Å². The minimum absolute atomic E-state index is 0. The van der Waals surface area contributed by atoms with Crippen molar-refractivity contribution >= 4 is 35.9 Å². The first-order chi connectivity index (χ1) is 12.3. The summed E-state index contributed by atoms with van der Waals surface area (Å²) in [5.74, 6) is 0.137. The van der Waals surface area contributed by atoms with Crippen LogP contribution < -0.4 is 5.32 Å². The van der Waals surface area contributed by atoms with E-state index in [0.717, 1.165) is 31.5 Å². The van der Waals surface area contributed by atoms with Gasteiger partial charge in [-0.15, -0.1) is 24.0 Å².